The number of benzene rings is 2. The first-order chi connectivity index (χ1) is 7.72. The van der Waals surface area contributed by atoms with Crippen LogP contribution in [-0.2, 0) is 0 Å². The zero-order chi connectivity index (χ0) is 11.5. The van der Waals surface area contributed by atoms with Gasteiger partial charge in [-0.2, -0.15) is 0 Å². The van der Waals surface area contributed by atoms with Crippen molar-refractivity contribution >= 4 is 6.29 Å². The molecule has 0 fully saturated rings. The summed E-state index contributed by atoms with van der Waals surface area (Å²) in [7, 11) is 0. The lowest BCUT2D eigenvalue weighted by molar-refractivity contribution is 0.112. The van der Waals surface area contributed by atoms with Crippen LogP contribution in [0.15, 0.2) is 42.5 Å². The van der Waals surface area contributed by atoms with E-state index in [2.05, 4.69) is 0 Å². The highest BCUT2D eigenvalue weighted by molar-refractivity contribution is 5.87. The Bertz CT molecular complexity index is 535. The zero-order valence-electron chi connectivity index (χ0n) is 8.35. The van der Waals surface area contributed by atoms with Gasteiger partial charge >= 0.3 is 0 Å². The van der Waals surface area contributed by atoms with E-state index < -0.39 is 5.82 Å². The Morgan fingerprint density at radius 3 is 2.50 bits per heavy atom. The molecule has 0 aliphatic rings. The first kappa shape index (κ1) is 10.4. The highest BCUT2D eigenvalue weighted by Gasteiger charge is 2.09. The molecule has 2 aromatic carbocycles. The second kappa shape index (κ2) is 4.14. The third kappa shape index (κ3) is 1.80. The number of phenolic OH excluding ortho intramolecular Hbond substituents is 1. The summed E-state index contributed by atoms with van der Waals surface area (Å²) in [5, 5.41) is 9.10. The Morgan fingerprint density at radius 1 is 1.06 bits per heavy atom. The first-order valence-electron chi connectivity index (χ1n) is 4.75. The molecule has 0 unspecified atom stereocenters. The van der Waals surface area contributed by atoms with Gasteiger partial charge in [-0.05, 0) is 17.7 Å². The summed E-state index contributed by atoms with van der Waals surface area (Å²) in [5.74, 6) is -0.681. The molecular weight excluding hydrogens is 207 g/mol. The summed E-state index contributed by atoms with van der Waals surface area (Å²) in [5.41, 5.74) is 1.25. The quantitative estimate of drug-likeness (QED) is 0.783. The second-order valence-corrected chi connectivity index (χ2v) is 3.37. The van der Waals surface area contributed by atoms with E-state index in [1.54, 1.807) is 24.3 Å². The van der Waals surface area contributed by atoms with Gasteiger partial charge in [0, 0.05) is 17.2 Å². The molecule has 0 aliphatic heterocycles. The summed E-state index contributed by atoms with van der Waals surface area (Å²) in [6.07, 6.45) is 0.682. The number of hydrogen-bond donors (Lipinski definition) is 1. The van der Waals surface area contributed by atoms with E-state index in [0.29, 0.717) is 23.0 Å². The van der Waals surface area contributed by atoms with E-state index in [4.69, 9.17) is 5.11 Å². The normalized spacial score (nSPS) is 10.1. The van der Waals surface area contributed by atoms with Crippen LogP contribution in [0.25, 0.3) is 11.1 Å². The average Bonchev–Trinajstić information content (AvgIpc) is 2.29. The maximum atomic E-state index is 13.6. The highest BCUT2D eigenvalue weighted by atomic mass is 19.1. The largest absolute Gasteiger partial charge is 0.508 e. The van der Waals surface area contributed by atoms with Crippen LogP contribution in [0.1, 0.15) is 10.4 Å². The van der Waals surface area contributed by atoms with Gasteiger partial charge in [0.15, 0.2) is 6.29 Å². The van der Waals surface area contributed by atoms with E-state index in [1.807, 2.05) is 0 Å². The average molecular weight is 216 g/mol. The summed E-state index contributed by atoms with van der Waals surface area (Å²) < 4.78 is 13.6. The Hall–Kier alpha value is -2.16. The van der Waals surface area contributed by atoms with Crippen molar-refractivity contribution in [2.45, 2.75) is 0 Å². The first-order valence-corrected chi connectivity index (χ1v) is 4.75. The molecule has 1 N–H and O–H groups in total. The molecule has 2 nitrogen and oxygen atoms in total. The van der Waals surface area contributed by atoms with E-state index in [0.717, 1.165) is 6.07 Å². The van der Waals surface area contributed by atoms with Crippen LogP contribution in [0.2, 0.25) is 0 Å². The van der Waals surface area contributed by atoms with Gasteiger partial charge < -0.3 is 5.11 Å². The lowest BCUT2D eigenvalue weighted by Crippen LogP contribution is -1.89. The molecule has 0 bridgehead atoms. The topological polar surface area (TPSA) is 37.3 Å². The van der Waals surface area contributed by atoms with Crippen LogP contribution in [0.4, 0.5) is 4.39 Å². The van der Waals surface area contributed by atoms with Crippen molar-refractivity contribution in [3.63, 3.8) is 0 Å². The number of phenols is 1. The maximum absolute atomic E-state index is 13.6. The monoisotopic (exact) mass is 216 g/mol. The van der Waals surface area contributed by atoms with Gasteiger partial charge in [-0.25, -0.2) is 4.39 Å². The maximum Gasteiger partial charge on any atom is 0.150 e. The molecule has 0 saturated carbocycles. The van der Waals surface area contributed by atoms with Gasteiger partial charge in [0.25, 0.3) is 0 Å². The number of halogens is 1. The van der Waals surface area contributed by atoms with E-state index in [9.17, 15) is 9.18 Å². The molecule has 3 heteroatoms. The van der Waals surface area contributed by atoms with Crippen LogP contribution in [0.3, 0.4) is 0 Å². The predicted molar refractivity (Wildman–Crippen MR) is 58.9 cm³/mol. The van der Waals surface area contributed by atoms with Gasteiger partial charge in [-0.1, -0.05) is 24.3 Å². The fourth-order valence-electron chi connectivity index (χ4n) is 1.57. The fourth-order valence-corrected chi connectivity index (χ4v) is 1.57. The number of aldehydes is 1. The molecule has 0 heterocycles. The predicted octanol–water partition coefficient (Wildman–Crippen LogP) is 3.01. The molecule has 0 aromatic heterocycles. The zero-order valence-corrected chi connectivity index (χ0v) is 8.35. The lowest BCUT2D eigenvalue weighted by Gasteiger charge is -2.06. The van der Waals surface area contributed by atoms with Gasteiger partial charge in [0.1, 0.15) is 11.6 Å². The summed E-state index contributed by atoms with van der Waals surface area (Å²) >= 11 is 0. The Balaban J connectivity index is 2.62. The minimum atomic E-state index is -0.547. The van der Waals surface area contributed by atoms with E-state index in [1.165, 1.54) is 12.1 Å². The van der Waals surface area contributed by atoms with E-state index in [-0.39, 0.29) is 5.75 Å². The van der Waals surface area contributed by atoms with Gasteiger partial charge in [0.05, 0.1) is 0 Å². The molecule has 16 heavy (non-hydrogen) atoms. The standard InChI is InChI=1S/C13H9FO2/c14-13-7-10(16)5-6-12(13)11-4-2-1-3-9(11)8-15/h1-8,16H. The van der Waals surface area contributed by atoms with Crippen molar-refractivity contribution in [1.29, 1.82) is 0 Å². The van der Waals surface area contributed by atoms with Crippen molar-refractivity contribution in [2.75, 3.05) is 0 Å². The molecule has 2 rings (SSSR count). The van der Waals surface area contributed by atoms with Crippen LogP contribution in [0.5, 0.6) is 5.75 Å². The smallest absolute Gasteiger partial charge is 0.150 e. The van der Waals surface area contributed by atoms with Crippen molar-refractivity contribution in [3.05, 3.63) is 53.8 Å². The summed E-state index contributed by atoms with van der Waals surface area (Å²) in [6.45, 7) is 0. The third-order valence-corrected chi connectivity index (χ3v) is 2.33. The number of hydrogen-bond acceptors (Lipinski definition) is 2. The molecule has 0 radical (unpaired) electrons. The molecule has 0 saturated heterocycles. The Labute approximate surface area is 92.0 Å². The highest BCUT2D eigenvalue weighted by Crippen LogP contribution is 2.27. The van der Waals surface area contributed by atoms with Crippen LogP contribution in [0, 0.1) is 5.82 Å². The van der Waals surface area contributed by atoms with Crippen molar-refractivity contribution in [1.82, 2.24) is 0 Å². The fraction of sp³-hybridized carbons (Fsp3) is 0. The number of rotatable bonds is 2. The molecule has 2 aromatic rings. The van der Waals surface area contributed by atoms with Gasteiger partial charge in [0.2, 0.25) is 0 Å². The summed E-state index contributed by atoms with van der Waals surface area (Å²) in [4.78, 5) is 10.8. The van der Waals surface area contributed by atoms with Crippen LogP contribution in [-0.4, -0.2) is 11.4 Å². The molecular formula is C13H9FO2. The van der Waals surface area contributed by atoms with Gasteiger partial charge in [-0.15, -0.1) is 0 Å². The minimum Gasteiger partial charge on any atom is -0.508 e. The Morgan fingerprint density at radius 2 is 1.81 bits per heavy atom. The number of carbonyl (C=O) groups is 1. The Kier molecular flexibility index (Phi) is 2.68. The van der Waals surface area contributed by atoms with Crippen LogP contribution >= 0.6 is 0 Å². The van der Waals surface area contributed by atoms with E-state index >= 15 is 0 Å². The van der Waals surface area contributed by atoms with Gasteiger partial charge in [-0.3, -0.25) is 4.79 Å². The molecule has 80 valence electrons. The summed E-state index contributed by atoms with van der Waals surface area (Å²) in [6, 6.07) is 10.6. The number of aromatic hydroxyl groups is 1. The number of carbonyl (C=O) groups excluding carboxylic acids is 1. The van der Waals surface area contributed by atoms with Crippen molar-refractivity contribution in [2.24, 2.45) is 0 Å². The molecule has 0 aliphatic carbocycles. The molecule has 0 spiro atoms. The van der Waals surface area contributed by atoms with Crippen molar-refractivity contribution in [3.8, 4) is 16.9 Å². The SMILES string of the molecule is O=Cc1ccccc1-c1ccc(O)cc1F. The minimum absolute atomic E-state index is 0.134. The third-order valence-electron chi connectivity index (χ3n) is 2.33. The van der Waals surface area contributed by atoms with Crippen molar-refractivity contribution < 1.29 is 14.3 Å². The van der Waals surface area contributed by atoms with Crippen LogP contribution < -0.4 is 0 Å². The molecule has 0 atom stereocenters. The lowest BCUT2D eigenvalue weighted by atomic mass is 10.00. The second-order valence-electron chi connectivity index (χ2n) is 3.37. The molecule has 0 amide bonds.